The topological polar surface area (TPSA) is 86.1 Å². The summed E-state index contributed by atoms with van der Waals surface area (Å²) in [6, 6.07) is 0.466. The van der Waals surface area contributed by atoms with Gasteiger partial charge in [0.05, 0.1) is 17.9 Å². The van der Waals surface area contributed by atoms with E-state index in [9.17, 15) is 9.59 Å². The Kier molecular flexibility index (Phi) is 6.21. The third-order valence-corrected chi connectivity index (χ3v) is 6.67. The lowest BCUT2D eigenvalue weighted by molar-refractivity contribution is -0.113. The van der Waals surface area contributed by atoms with Crippen molar-refractivity contribution >= 4 is 40.0 Å². The van der Waals surface area contributed by atoms with E-state index in [1.165, 1.54) is 23.1 Å². The Balaban J connectivity index is 1.70. The lowest BCUT2D eigenvalue weighted by Gasteiger charge is -2.08. The predicted octanol–water partition coefficient (Wildman–Crippen LogP) is 3.76. The molecule has 0 saturated heterocycles. The van der Waals surface area contributed by atoms with Crippen LogP contribution in [0.4, 0.5) is 5.00 Å². The second kappa shape index (κ2) is 8.43. The molecule has 0 radical (unpaired) electrons. The van der Waals surface area contributed by atoms with Crippen LogP contribution in [0.25, 0.3) is 0 Å². The molecule has 1 amide bonds. The van der Waals surface area contributed by atoms with Gasteiger partial charge in [0.2, 0.25) is 5.91 Å². The SMILES string of the molecule is CCOC(=O)c1c(NC(=O)CSc2nnc(C)n2C2CC2)sc(CC)c1C. The zero-order valence-electron chi connectivity index (χ0n) is 16.0. The van der Waals surface area contributed by atoms with E-state index in [1.807, 2.05) is 20.8 Å². The number of nitrogens with zero attached hydrogens (tertiary/aromatic N) is 3. The number of nitrogens with one attached hydrogen (secondary N) is 1. The van der Waals surface area contributed by atoms with Crippen molar-refractivity contribution < 1.29 is 14.3 Å². The first kappa shape index (κ1) is 19.9. The Morgan fingerprint density at radius 3 is 2.67 bits per heavy atom. The summed E-state index contributed by atoms with van der Waals surface area (Å²) in [5.41, 5.74) is 1.35. The third-order valence-electron chi connectivity index (χ3n) is 4.38. The minimum Gasteiger partial charge on any atom is -0.462 e. The van der Waals surface area contributed by atoms with Gasteiger partial charge < -0.3 is 14.6 Å². The van der Waals surface area contributed by atoms with Crippen molar-refractivity contribution in [3.63, 3.8) is 0 Å². The van der Waals surface area contributed by atoms with Crippen molar-refractivity contribution in [1.29, 1.82) is 0 Å². The zero-order chi connectivity index (χ0) is 19.6. The van der Waals surface area contributed by atoms with Gasteiger partial charge in [0.25, 0.3) is 0 Å². The summed E-state index contributed by atoms with van der Waals surface area (Å²) in [5.74, 6) is 0.535. The monoisotopic (exact) mass is 408 g/mol. The maximum absolute atomic E-state index is 12.5. The van der Waals surface area contributed by atoms with Crippen LogP contribution in [0.2, 0.25) is 0 Å². The molecule has 0 aromatic carbocycles. The normalized spacial score (nSPS) is 13.6. The summed E-state index contributed by atoms with van der Waals surface area (Å²) < 4.78 is 7.26. The summed E-state index contributed by atoms with van der Waals surface area (Å²) >= 11 is 2.81. The molecule has 3 rings (SSSR count). The van der Waals surface area contributed by atoms with E-state index in [1.54, 1.807) is 6.92 Å². The van der Waals surface area contributed by atoms with E-state index < -0.39 is 5.97 Å². The van der Waals surface area contributed by atoms with E-state index in [0.29, 0.717) is 23.2 Å². The number of aromatic nitrogens is 3. The fourth-order valence-corrected chi connectivity index (χ4v) is 4.93. The zero-order valence-corrected chi connectivity index (χ0v) is 17.6. The average molecular weight is 409 g/mol. The lowest BCUT2D eigenvalue weighted by Crippen LogP contribution is -2.17. The first-order valence-corrected chi connectivity index (χ1v) is 10.9. The fourth-order valence-electron chi connectivity index (χ4n) is 2.93. The van der Waals surface area contributed by atoms with Crippen LogP contribution in [-0.4, -0.2) is 39.0 Å². The van der Waals surface area contributed by atoms with Gasteiger partial charge in [-0.3, -0.25) is 4.79 Å². The molecule has 0 atom stereocenters. The second-order valence-electron chi connectivity index (χ2n) is 6.40. The molecule has 0 aliphatic heterocycles. The number of hydrogen-bond donors (Lipinski definition) is 1. The second-order valence-corrected chi connectivity index (χ2v) is 8.44. The van der Waals surface area contributed by atoms with Gasteiger partial charge in [-0.2, -0.15) is 0 Å². The number of thioether (sulfide) groups is 1. The number of ether oxygens (including phenoxy) is 1. The molecular formula is C18H24N4O3S2. The molecule has 2 heterocycles. The minimum atomic E-state index is -0.391. The molecule has 1 fully saturated rings. The smallest absolute Gasteiger partial charge is 0.341 e. The summed E-state index contributed by atoms with van der Waals surface area (Å²) in [7, 11) is 0. The molecule has 0 bridgehead atoms. The largest absolute Gasteiger partial charge is 0.462 e. The first-order chi connectivity index (χ1) is 13.0. The predicted molar refractivity (Wildman–Crippen MR) is 107 cm³/mol. The highest BCUT2D eigenvalue weighted by atomic mass is 32.2. The minimum absolute atomic E-state index is 0.169. The molecule has 1 aliphatic rings. The molecule has 9 heteroatoms. The van der Waals surface area contributed by atoms with Crippen LogP contribution in [0, 0.1) is 13.8 Å². The highest BCUT2D eigenvalue weighted by molar-refractivity contribution is 7.99. The molecule has 0 spiro atoms. The van der Waals surface area contributed by atoms with Crippen LogP contribution in [0.1, 0.15) is 59.4 Å². The van der Waals surface area contributed by atoms with E-state index in [4.69, 9.17) is 4.74 Å². The molecule has 2 aromatic rings. The number of carbonyl (C=O) groups is 2. The van der Waals surface area contributed by atoms with Gasteiger partial charge in [-0.05, 0) is 45.6 Å². The Hall–Kier alpha value is -1.87. The summed E-state index contributed by atoms with van der Waals surface area (Å²) in [6.45, 7) is 7.93. The van der Waals surface area contributed by atoms with Gasteiger partial charge in [-0.25, -0.2) is 4.79 Å². The van der Waals surface area contributed by atoms with Gasteiger partial charge in [-0.1, -0.05) is 18.7 Å². The maximum atomic E-state index is 12.5. The van der Waals surface area contributed by atoms with Crippen LogP contribution in [0.15, 0.2) is 5.16 Å². The highest BCUT2D eigenvalue weighted by Crippen LogP contribution is 2.38. The van der Waals surface area contributed by atoms with Crippen molar-refractivity contribution in [2.75, 3.05) is 17.7 Å². The Bertz CT molecular complexity index is 855. The molecule has 0 unspecified atom stereocenters. The standard InChI is InChI=1S/C18H24N4O3S2/c1-5-13-10(3)15(17(24)25-6-2)16(27-13)19-14(23)9-26-18-21-20-11(4)22(18)12-7-8-12/h12H,5-9H2,1-4H3,(H,19,23). The number of aryl methyl sites for hydroxylation is 2. The summed E-state index contributed by atoms with van der Waals surface area (Å²) in [5, 5.41) is 12.5. The lowest BCUT2D eigenvalue weighted by atomic mass is 10.1. The number of hydrogen-bond acceptors (Lipinski definition) is 7. The fraction of sp³-hybridized carbons (Fsp3) is 0.556. The Morgan fingerprint density at radius 1 is 1.30 bits per heavy atom. The van der Waals surface area contributed by atoms with Crippen molar-refractivity contribution in [3.05, 3.63) is 21.8 Å². The Labute approximate surface area is 166 Å². The van der Waals surface area contributed by atoms with Crippen LogP contribution in [0.3, 0.4) is 0 Å². The van der Waals surface area contributed by atoms with Crippen LogP contribution >= 0.6 is 23.1 Å². The molecule has 7 nitrogen and oxygen atoms in total. The number of esters is 1. The average Bonchev–Trinajstić information content (AvgIpc) is 3.32. The van der Waals surface area contributed by atoms with Crippen molar-refractivity contribution in [2.45, 2.75) is 58.2 Å². The maximum Gasteiger partial charge on any atom is 0.341 e. The third kappa shape index (κ3) is 4.35. The Morgan fingerprint density at radius 2 is 2.04 bits per heavy atom. The number of carbonyl (C=O) groups excluding carboxylic acids is 2. The van der Waals surface area contributed by atoms with E-state index >= 15 is 0 Å². The van der Waals surface area contributed by atoms with Gasteiger partial charge in [0, 0.05) is 10.9 Å². The van der Waals surface area contributed by atoms with E-state index in [-0.39, 0.29) is 11.7 Å². The van der Waals surface area contributed by atoms with Crippen molar-refractivity contribution in [2.24, 2.45) is 0 Å². The van der Waals surface area contributed by atoms with Crippen molar-refractivity contribution in [3.8, 4) is 0 Å². The molecule has 1 saturated carbocycles. The summed E-state index contributed by atoms with van der Waals surface area (Å²) in [4.78, 5) is 25.9. The molecule has 2 aromatic heterocycles. The molecular weight excluding hydrogens is 384 g/mol. The van der Waals surface area contributed by atoms with Crippen LogP contribution < -0.4 is 5.32 Å². The van der Waals surface area contributed by atoms with Gasteiger partial charge in [0.1, 0.15) is 10.8 Å². The van der Waals surface area contributed by atoms with E-state index in [2.05, 4.69) is 20.1 Å². The quantitative estimate of drug-likeness (QED) is 0.529. The van der Waals surface area contributed by atoms with Gasteiger partial charge in [-0.15, -0.1) is 21.5 Å². The molecule has 1 aliphatic carbocycles. The van der Waals surface area contributed by atoms with Gasteiger partial charge in [0.15, 0.2) is 5.16 Å². The number of rotatable bonds is 8. The first-order valence-electron chi connectivity index (χ1n) is 9.09. The highest BCUT2D eigenvalue weighted by Gasteiger charge is 2.29. The van der Waals surface area contributed by atoms with Crippen LogP contribution in [0.5, 0.6) is 0 Å². The number of amides is 1. The summed E-state index contributed by atoms with van der Waals surface area (Å²) in [6.07, 6.45) is 3.07. The number of anilines is 1. The van der Waals surface area contributed by atoms with Crippen molar-refractivity contribution in [1.82, 2.24) is 14.8 Å². The molecule has 1 N–H and O–H groups in total. The van der Waals surface area contributed by atoms with Gasteiger partial charge >= 0.3 is 5.97 Å². The number of thiophene rings is 1. The molecule has 146 valence electrons. The molecule has 27 heavy (non-hydrogen) atoms. The van der Waals surface area contributed by atoms with E-state index in [0.717, 1.165) is 40.7 Å². The van der Waals surface area contributed by atoms with Crippen LogP contribution in [-0.2, 0) is 16.0 Å².